The molecule has 3 rings (SSSR count). The van der Waals surface area contributed by atoms with Crippen LogP contribution in [0, 0.1) is 0 Å². The standard InChI is InChI=1S/C14H12N2O3S/c1-2-18-11-6-4-3-5-9(11)13-15-14(19-16-13)12-10(17)7-8-20-12/h3-8,17H,2H2,1H3. The zero-order chi connectivity index (χ0) is 13.9. The topological polar surface area (TPSA) is 68.4 Å². The lowest BCUT2D eigenvalue weighted by atomic mass is 10.2. The molecule has 0 atom stereocenters. The molecule has 6 heteroatoms. The molecule has 2 heterocycles. The fourth-order valence-corrected chi connectivity index (χ4v) is 2.53. The highest BCUT2D eigenvalue weighted by Crippen LogP contribution is 2.35. The van der Waals surface area contributed by atoms with Crippen molar-refractivity contribution in [2.75, 3.05) is 6.61 Å². The molecule has 0 bridgehead atoms. The smallest absolute Gasteiger partial charge is 0.272 e. The molecule has 0 amide bonds. The number of aromatic hydroxyl groups is 1. The number of para-hydroxylation sites is 1. The second-order valence-corrected chi connectivity index (χ2v) is 4.90. The van der Waals surface area contributed by atoms with Crippen LogP contribution in [-0.4, -0.2) is 21.9 Å². The Morgan fingerprint density at radius 2 is 2.15 bits per heavy atom. The number of hydrogen-bond acceptors (Lipinski definition) is 6. The third kappa shape index (κ3) is 2.25. The van der Waals surface area contributed by atoms with Gasteiger partial charge in [0.2, 0.25) is 5.82 Å². The van der Waals surface area contributed by atoms with E-state index >= 15 is 0 Å². The predicted octanol–water partition coefficient (Wildman–Crippen LogP) is 3.57. The summed E-state index contributed by atoms with van der Waals surface area (Å²) >= 11 is 1.35. The monoisotopic (exact) mass is 288 g/mol. The second-order valence-electron chi connectivity index (χ2n) is 3.99. The van der Waals surface area contributed by atoms with E-state index in [1.165, 1.54) is 11.3 Å². The predicted molar refractivity (Wildman–Crippen MR) is 75.9 cm³/mol. The maximum absolute atomic E-state index is 9.68. The van der Waals surface area contributed by atoms with E-state index in [2.05, 4.69) is 10.1 Å². The molecule has 2 aromatic heterocycles. The summed E-state index contributed by atoms with van der Waals surface area (Å²) in [6, 6.07) is 9.10. The number of ether oxygens (including phenoxy) is 1. The molecule has 0 fully saturated rings. The van der Waals surface area contributed by atoms with Gasteiger partial charge >= 0.3 is 0 Å². The van der Waals surface area contributed by atoms with Gasteiger partial charge in [0, 0.05) is 0 Å². The van der Waals surface area contributed by atoms with Crippen LogP contribution in [0.1, 0.15) is 6.92 Å². The van der Waals surface area contributed by atoms with Crippen molar-refractivity contribution in [3.05, 3.63) is 35.7 Å². The maximum Gasteiger partial charge on any atom is 0.272 e. The number of benzene rings is 1. The second kappa shape index (κ2) is 5.34. The van der Waals surface area contributed by atoms with Gasteiger partial charge in [-0.15, -0.1) is 11.3 Å². The lowest BCUT2D eigenvalue weighted by Crippen LogP contribution is -1.94. The van der Waals surface area contributed by atoms with Crippen LogP contribution in [0.5, 0.6) is 11.5 Å². The normalized spacial score (nSPS) is 10.7. The average Bonchev–Trinajstić information content (AvgIpc) is 3.08. The van der Waals surface area contributed by atoms with E-state index in [1.54, 1.807) is 11.4 Å². The Labute approximate surface area is 119 Å². The summed E-state index contributed by atoms with van der Waals surface area (Å²) < 4.78 is 10.8. The Morgan fingerprint density at radius 3 is 2.90 bits per heavy atom. The van der Waals surface area contributed by atoms with Crippen molar-refractivity contribution in [1.82, 2.24) is 10.1 Å². The minimum atomic E-state index is 0.142. The van der Waals surface area contributed by atoms with Crippen molar-refractivity contribution < 1.29 is 14.4 Å². The first-order valence-corrected chi connectivity index (χ1v) is 7.00. The summed E-state index contributed by atoms with van der Waals surface area (Å²) in [6.45, 7) is 2.48. The van der Waals surface area contributed by atoms with Gasteiger partial charge in [-0.2, -0.15) is 4.98 Å². The molecule has 0 aliphatic rings. The first-order valence-electron chi connectivity index (χ1n) is 6.12. The highest BCUT2D eigenvalue weighted by atomic mass is 32.1. The van der Waals surface area contributed by atoms with Gasteiger partial charge in [0.05, 0.1) is 12.2 Å². The van der Waals surface area contributed by atoms with Crippen LogP contribution in [0.4, 0.5) is 0 Å². The Balaban J connectivity index is 2.00. The SMILES string of the molecule is CCOc1ccccc1-c1noc(-c2sccc2O)n1. The molecule has 102 valence electrons. The van der Waals surface area contributed by atoms with Crippen molar-refractivity contribution in [3.63, 3.8) is 0 Å². The highest BCUT2D eigenvalue weighted by Gasteiger charge is 2.17. The lowest BCUT2D eigenvalue weighted by molar-refractivity contribution is 0.341. The molecule has 0 spiro atoms. The number of rotatable bonds is 4. The van der Waals surface area contributed by atoms with Crippen molar-refractivity contribution in [3.8, 4) is 33.7 Å². The van der Waals surface area contributed by atoms with Gasteiger partial charge in [0.1, 0.15) is 16.4 Å². The molecule has 1 aromatic carbocycles. The Kier molecular flexibility index (Phi) is 3.39. The third-order valence-electron chi connectivity index (χ3n) is 2.69. The van der Waals surface area contributed by atoms with Crippen molar-refractivity contribution in [2.24, 2.45) is 0 Å². The molecule has 0 unspecified atom stereocenters. The highest BCUT2D eigenvalue weighted by molar-refractivity contribution is 7.13. The van der Waals surface area contributed by atoms with Gasteiger partial charge in [0.15, 0.2) is 0 Å². The fraction of sp³-hybridized carbons (Fsp3) is 0.143. The third-order valence-corrected chi connectivity index (χ3v) is 3.58. The van der Waals surface area contributed by atoms with Gasteiger partial charge in [-0.05, 0) is 30.5 Å². The summed E-state index contributed by atoms with van der Waals surface area (Å²) in [5.41, 5.74) is 0.764. The van der Waals surface area contributed by atoms with E-state index in [0.717, 1.165) is 5.56 Å². The van der Waals surface area contributed by atoms with Gasteiger partial charge in [-0.1, -0.05) is 17.3 Å². The molecular formula is C14H12N2O3S. The largest absolute Gasteiger partial charge is 0.506 e. The summed E-state index contributed by atoms with van der Waals surface area (Å²) in [5.74, 6) is 1.59. The lowest BCUT2D eigenvalue weighted by Gasteiger charge is -2.05. The first kappa shape index (κ1) is 12.7. The minimum Gasteiger partial charge on any atom is -0.506 e. The van der Waals surface area contributed by atoms with Crippen LogP contribution in [0.3, 0.4) is 0 Å². The maximum atomic E-state index is 9.68. The summed E-state index contributed by atoms with van der Waals surface area (Å²) in [6.07, 6.45) is 0. The molecule has 0 radical (unpaired) electrons. The molecule has 3 aromatic rings. The zero-order valence-corrected chi connectivity index (χ0v) is 11.6. The van der Waals surface area contributed by atoms with Crippen LogP contribution < -0.4 is 4.74 Å². The summed E-state index contributed by atoms with van der Waals surface area (Å²) in [4.78, 5) is 4.89. The summed E-state index contributed by atoms with van der Waals surface area (Å²) in [5, 5.41) is 15.4. The minimum absolute atomic E-state index is 0.142. The molecule has 0 saturated carbocycles. The zero-order valence-electron chi connectivity index (χ0n) is 10.7. The van der Waals surface area contributed by atoms with Crippen LogP contribution >= 0.6 is 11.3 Å². The van der Waals surface area contributed by atoms with Crippen LogP contribution in [0.2, 0.25) is 0 Å². The number of aromatic nitrogens is 2. The Morgan fingerprint density at radius 1 is 1.30 bits per heavy atom. The Hall–Kier alpha value is -2.34. The van der Waals surface area contributed by atoms with E-state index in [4.69, 9.17) is 9.26 Å². The van der Waals surface area contributed by atoms with Gasteiger partial charge < -0.3 is 14.4 Å². The molecular weight excluding hydrogens is 276 g/mol. The number of nitrogens with zero attached hydrogens (tertiary/aromatic N) is 2. The molecule has 0 saturated heterocycles. The van der Waals surface area contributed by atoms with Crippen molar-refractivity contribution in [2.45, 2.75) is 6.92 Å². The number of hydrogen-bond donors (Lipinski definition) is 1. The average molecular weight is 288 g/mol. The molecule has 1 N–H and O–H groups in total. The number of thiophene rings is 1. The van der Waals surface area contributed by atoms with Gasteiger partial charge in [0.25, 0.3) is 5.89 Å². The van der Waals surface area contributed by atoms with Gasteiger partial charge in [-0.25, -0.2) is 0 Å². The van der Waals surface area contributed by atoms with E-state index in [9.17, 15) is 5.11 Å². The molecule has 20 heavy (non-hydrogen) atoms. The van der Waals surface area contributed by atoms with Crippen LogP contribution in [0.15, 0.2) is 40.2 Å². The van der Waals surface area contributed by atoms with Gasteiger partial charge in [-0.3, -0.25) is 0 Å². The van der Waals surface area contributed by atoms with Crippen LogP contribution in [-0.2, 0) is 0 Å². The molecule has 0 aliphatic carbocycles. The van der Waals surface area contributed by atoms with E-state index in [1.807, 2.05) is 31.2 Å². The van der Waals surface area contributed by atoms with Crippen molar-refractivity contribution in [1.29, 1.82) is 0 Å². The van der Waals surface area contributed by atoms with E-state index < -0.39 is 0 Å². The molecule has 0 aliphatic heterocycles. The van der Waals surface area contributed by atoms with E-state index in [0.29, 0.717) is 28.9 Å². The Bertz CT molecular complexity index is 721. The molecule has 5 nitrogen and oxygen atoms in total. The van der Waals surface area contributed by atoms with E-state index in [-0.39, 0.29) is 5.75 Å². The first-order chi connectivity index (χ1) is 9.79. The quantitative estimate of drug-likeness (QED) is 0.794. The van der Waals surface area contributed by atoms with Crippen molar-refractivity contribution >= 4 is 11.3 Å². The van der Waals surface area contributed by atoms with Crippen LogP contribution in [0.25, 0.3) is 22.2 Å². The fourth-order valence-electron chi connectivity index (χ4n) is 1.82. The summed E-state index contributed by atoms with van der Waals surface area (Å²) in [7, 11) is 0.